The molecule has 8 heteroatoms. The number of carbonyl (C=O) groups is 2. The quantitative estimate of drug-likeness (QED) is 0.552. The van der Waals surface area contributed by atoms with Crippen LogP contribution in [0.15, 0.2) is 71.5 Å². The monoisotopic (exact) mass is 430 g/mol. The number of para-hydroxylation sites is 1. The highest BCUT2D eigenvalue weighted by Crippen LogP contribution is 2.10. The average Bonchev–Trinajstić information content (AvgIpc) is 2.80. The lowest BCUT2D eigenvalue weighted by Gasteiger charge is -2.17. The fraction of sp³-hybridized carbons (Fsp3) is 0.167. The molecule has 0 radical (unpaired) electrons. The molecule has 0 fully saturated rings. The summed E-state index contributed by atoms with van der Waals surface area (Å²) in [5, 5.41) is 6.81. The van der Waals surface area contributed by atoms with Gasteiger partial charge in [0, 0.05) is 24.4 Å². The van der Waals surface area contributed by atoms with E-state index in [4.69, 9.17) is 11.2 Å². The van der Waals surface area contributed by atoms with Crippen molar-refractivity contribution in [1.29, 1.82) is 0 Å². The van der Waals surface area contributed by atoms with E-state index in [0.717, 1.165) is 4.68 Å². The number of amides is 2. The lowest BCUT2D eigenvalue weighted by Crippen LogP contribution is -2.36. The molecule has 2 amide bonds. The van der Waals surface area contributed by atoms with Gasteiger partial charge in [-0.05, 0) is 36.4 Å². The van der Waals surface area contributed by atoms with Crippen molar-refractivity contribution in [1.82, 2.24) is 14.7 Å². The SMILES string of the molecule is C#Cc1cccc(NC(=O)CN(C)C(=O)c2ccc(=O)n(CCOc3ccccc3)n2)c1. The van der Waals surface area contributed by atoms with E-state index in [1.807, 2.05) is 18.2 Å². The van der Waals surface area contributed by atoms with Gasteiger partial charge in [-0.1, -0.05) is 30.2 Å². The molecular weight excluding hydrogens is 408 g/mol. The highest BCUT2D eigenvalue weighted by molar-refractivity contribution is 5.98. The van der Waals surface area contributed by atoms with Gasteiger partial charge in [-0.25, -0.2) is 4.68 Å². The largest absolute Gasteiger partial charge is 0.492 e. The summed E-state index contributed by atoms with van der Waals surface area (Å²) in [7, 11) is 1.48. The van der Waals surface area contributed by atoms with E-state index in [0.29, 0.717) is 17.0 Å². The minimum absolute atomic E-state index is 0.0499. The standard InChI is InChI=1S/C24H22N4O4/c1-3-18-8-7-9-19(16-18)25-22(29)17-27(2)24(31)21-12-13-23(30)28(26-21)14-15-32-20-10-5-4-6-11-20/h1,4-13,16H,14-15,17H2,2H3,(H,25,29). The molecule has 0 aliphatic rings. The molecule has 0 aliphatic heterocycles. The Kier molecular flexibility index (Phi) is 7.38. The number of hydrogen-bond donors (Lipinski definition) is 1. The molecule has 3 aromatic rings. The van der Waals surface area contributed by atoms with Gasteiger partial charge >= 0.3 is 0 Å². The fourth-order valence-electron chi connectivity index (χ4n) is 2.86. The molecular formula is C24H22N4O4. The van der Waals surface area contributed by atoms with E-state index in [9.17, 15) is 14.4 Å². The second-order valence-corrected chi connectivity index (χ2v) is 6.88. The van der Waals surface area contributed by atoms with Crippen LogP contribution in [0, 0.1) is 12.3 Å². The van der Waals surface area contributed by atoms with Crippen molar-refractivity contribution in [3.05, 3.63) is 88.3 Å². The van der Waals surface area contributed by atoms with Gasteiger partial charge in [0.15, 0.2) is 0 Å². The molecule has 32 heavy (non-hydrogen) atoms. The summed E-state index contributed by atoms with van der Waals surface area (Å²) in [6.45, 7) is 0.186. The Balaban J connectivity index is 1.59. The first-order valence-corrected chi connectivity index (χ1v) is 9.84. The van der Waals surface area contributed by atoms with Crippen LogP contribution in [0.4, 0.5) is 5.69 Å². The summed E-state index contributed by atoms with van der Waals surface area (Å²) >= 11 is 0. The molecule has 162 valence electrons. The number of rotatable bonds is 8. The van der Waals surface area contributed by atoms with Crippen LogP contribution < -0.4 is 15.6 Å². The first-order chi connectivity index (χ1) is 15.5. The van der Waals surface area contributed by atoms with Crippen LogP contribution in [0.2, 0.25) is 0 Å². The number of carbonyl (C=O) groups excluding carboxylic acids is 2. The van der Waals surface area contributed by atoms with Crippen molar-refractivity contribution in [2.75, 3.05) is 25.5 Å². The molecule has 0 unspecified atom stereocenters. The summed E-state index contributed by atoms with van der Waals surface area (Å²) in [4.78, 5) is 38.3. The number of hydrogen-bond acceptors (Lipinski definition) is 5. The lowest BCUT2D eigenvalue weighted by molar-refractivity contribution is -0.116. The summed E-state index contributed by atoms with van der Waals surface area (Å²) in [5.74, 6) is 2.29. The predicted octanol–water partition coefficient (Wildman–Crippen LogP) is 2.01. The number of likely N-dealkylation sites (N-methyl/N-ethyl adjacent to an activating group) is 1. The third-order valence-electron chi connectivity index (χ3n) is 4.44. The number of terminal acetylenes is 1. The number of nitrogens with zero attached hydrogens (tertiary/aromatic N) is 3. The third-order valence-corrected chi connectivity index (χ3v) is 4.44. The fourth-order valence-corrected chi connectivity index (χ4v) is 2.86. The van der Waals surface area contributed by atoms with Crippen molar-refractivity contribution >= 4 is 17.5 Å². The molecule has 1 N–H and O–H groups in total. The zero-order valence-corrected chi connectivity index (χ0v) is 17.5. The van der Waals surface area contributed by atoms with Gasteiger partial charge in [0.2, 0.25) is 5.91 Å². The van der Waals surface area contributed by atoms with Gasteiger partial charge in [-0.2, -0.15) is 5.10 Å². The molecule has 3 rings (SSSR count). The van der Waals surface area contributed by atoms with Gasteiger partial charge in [0.05, 0.1) is 13.1 Å². The van der Waals surface area contributed by atoms with Crippen molar-refractivity contribution in [3.8, 4) is 18.1 Å². The van der Waals surface area contributed by atoms with E-state index in [1.54, 1.807) is 36.4 Å². The van der Waals surface area contributed by atoms with Crippen LogP contribution in [0.5, 0.6) is 5.75 Å². The number of ether oxygens (including phenoxy) is 1. The molecule has 0 saturated carbocycles. The number of nitrogens with one attached hydrogen (secondary N) is 1. The molecule has 1 heterocycles. The predicted molar refractivity (Wildman–Crippen MR) is 120 cm³/mol. The normalized spacial score (nSPS) is 10.1. The number of benzene rings is 2. The van der Waals surface area contributed by atoms with Crippen molar-refractivity contribution in [3.63, 3.8) is 0 Å². The lowest BCUT2D eigenvalue weighted by atomic mass is 10.2. The molecule has 8 nitrogen and oxygen atoms in total. The Labute approximate surface area is 185 Å². The Morgan fingerprint density at radius 1 is 1.12 bits per heavy atom. The van der Waals surface area contributed by atoms with Crippen LogP contribution in [0.25, 0.3) is 0 Å². The molecule has 0 saturated heterocycles. The molecule has 0 spiro atoms. The van der Waals surface area contributed by atoms with Crippen LogP contribution in [0.3, 0.4) is 0 Å². The van der Waals surface area contributed by atoms with E-state index in [2.05, 4.69) is 16.3 Å². The third kappa shape index (κ3) is 6.06. The van der Waals surface area contributed by atoms with Crippen LogP contribution in [0.1, 0.15) is 16.1 Å². The Hall–Kier alpha value is -4.38. The van der Waals surface area contributed by atoms with Crippen LogP contribution in [-0.4, -0.2) is 46.7 Å². The van der Waals surface area contributed by atoms with Gasteiger partial charge < -0.3 is 15.0 Å². The molecule has 0 bridgehead atoms. The first-order valence-electron chi connectivity index (χ1n) is 9.84. The maximum atomic E-state index is 12.7. The van der Waals surface area contributed by atoms with Gasteiger partial charge in [0.25, 0.3) is 11.5 Å². The van der Waals surface area contributed by atoms with E-state index >= 15 is 0 Å². The van der Waals surface area contributed by atoms with E-state index < -0.39 is 5.91 Å². The maximum Gasteiger partial charge on any atom is 0.274 e. The molecule has 0 aliphatic carbocycles. The van der Waals surface area contributed by atoms with Crippen molar-refractivity contribution in [2.24, 2.45) is 0 Å². The minimum Gasteiger partial charge on any atom is -0.492 e. The Morgan fingerprint density at radius 3 is 2.66 bits per heavy atom. The van der Waals surface area contributed by atoms with Crippen LogP contribution >= 0.6 is 0 Å². The van der Waals surface area contributed by atoms with Crippen molar-refractivity contribution in [2.45, 2.75) is 6.54 Å². The second-order valence-electron chi connectivity index (χ2n) is 6.88. The Bertz CT molecular complexity index is 1200. The van der Waals surface area contributed by atoms with Gasteiger partial charge in [-0.15, -0.1) is 6.42 Å². The molecule has 1 aromatic heterocycles. The zero-order chi connectivity index (χ0) is 22.9. The summed E-state index contributed by atoms with van der Waals surface area (Å²) < 4.78 is 6.74. The zero-order valence-electron chi connectivity index (χ0n) is 17.5. The smallest absolute Gasteiger partial charge is 0.274 e. The van der Waals surface area contributed by atoms with E-state index in [-0.39, 0.29) is 36.9 Å². The summed E-state index contributed by atoms with van der Waals surface area (Å²) in [5.41, 5.74) is 0.868. The maximum absolute atomic E-state index is 12.7. The summed E-state index contributed by atoms with van der Waals surface area (Å²) in [6.07, 6.45) is 5.36. The number of anilines is 1. The van der Waals surface area contributed by atoms with Gasteiger partial charge in [-0.3, -0.25) is 14.4 Å². The van der Waals surface area contributed by atoms with Gasteiger partial charge in [0.1, 0.15) is 18.1 Å². The van der Waals surface area contributed by atoms with Crippen molar-refractivity contribution < 1.29 is 14.3 Å². The highest BCUT2D eigenvalue weighted by atomic mass is 16.5. The first kappa shape index (κ1) is 22.3. The average molecular weight is 430 g/mol. The Morgan fingerprint density at radius 2 is 1.91 bits per heavy atom. The van der Waals surface area contributed by atoms with E-state index in [1.165, 1.54) is 24.1 Å². The molecule has 2 aromatic carbocycles. The molecule has 0 atom stereocenters. The van der Waals surface area contributed by atoms with Crippen LogP contribution in [-0.2, 0) is 11.3 Å². The number of aromatic nitrogens is 2. The minimum atomic E-state index is -0.491. The summed E-state index contributed by atoms with van der Waals surface area (Å²) in [6, 6.07) is 18.6. The second kappa shape index (κ2) is 10.6. The topological polar surface area (TPSA) is 93.5 Å². The highest BCUT2D eigenvalue weighted by Gasteiger charge is 2.17.